The van der Waals surface area contributed by atoms with Crippen LogP contribution in [0.2, 0.25) is 0 Å². The van der Waals surface area contributed by atoms with Gasteiger partial charge >= 0.3 is 5.97 Å². The highest BCUT2D eigenvalue weighted by Crippen LogP contribution is 2.25. The molecule has 1 heterocycles. The highest BCUT2D eigenvalue weighted by Gasteiger charge is 2.39. The number of rotatable bonds is 5. The molecule has 0 fully saturated rings. The van der Waals surface area contributed by atoms with Gasteiger partial charge in [0.25, 0.3) is 11.8 Å². The lowest BCUT2D eigenvalue weighted by molar-refractivity contribution is -0.137. The third-order valence-corrected chi connectivity index (χ3v) is 2.90. The number of hydrogen-bond acceptors (Lipinski definition) is 4. The first-order chi connectivity index (χ1) is 9.06. The van der Waals surface area contributed by atoms with E-state index < -0.39 is 23.8 Å². The highest BCUT2D eigenvalue weighted by atomic mass is 16.4. The Kier molecular flexibility index (Phi) is 3.41. The summed E-state index contributed by atoms with van der Waals surface area (Å²) in [4.78, 5) is 46.2. The molecule has 1 aromatic carbocycles. The fourth-order valence-electron chi connectivity index (χ4n) is 1.99. The van der Waals surface area contributed by atoms with E-state index in [1.165, 1.54) is 12.1 Å². The zero-order chi connectivity index (χ0) is 14.0. The van der Waals surface area contributed by atoms with Crippen molar-refractivity contribution in [2.75, 3.05) is 0 Å². The van der Waals surface area contributed by atoms with Gasteiger partial charge in [-0.05, 0) is 18.6 Å². The van der Waals surface area contributed by atoms with Gasteiger partial charge in [-0.25, -0.2) is 0 Å². The van der Waals surface area contributed by atoms with Crippen LogP contribution in [0.1, 0.15) is 33.6 Å². The first-order valence-electron chi connectivity index (χ1n) is 5.62. The van der Waals surface area contributed by atoms with Crippen molar-refractivity contribution in [3.05, 3.63) is 35.4 Å². The van der Waals surface area contributed by atoms with Crippen LogP contribution in [0.4, 0.5) is 0 Å². The molecular weight excluding hydrogens is 250 g/mol. The fourth-order valence-corrected chi connectivity index (χ4v) is 1.99. The number of aliphatic carboxylic acids is 1. The quantitative estimate of drug-likeness (QED) is 0.784. The Balaban J connectivity index is 2.27. The van der Waals surface area contributed by atoms with E-state index in [9.17, 15) is 19.2 Å². The molecule has 2 rings (SSSR count). The second-order valence-electron chi connectivity index (χ2n) is 4.09. The summed E-state index contributed by atoms with van der Waals surface area (Å²) in [5.41, 5.74) is 0.450. The molecule has 2 amide bonds. The van der Waals surface area contributed by atoms with E-state index in [1.807, 2.05) is 0 Å². The van der Waals surface area contributed by atoms with E-state index in [2.05, 4.69) is 0 Å². The third kappa shape index (κ3) is 2.24. The molecule has 0 saturated heterocycles. The van der Waals surface area contributed by atoms with Crippen LogP contribution >= 0.6 is 0 Å². The monoisotopic (exact) mass is 260 g/mol. The van der Waals surface area contributed by atoms with Crippen LogP contribution in [0, 0.1) is 0 Å². The van der Waals surface area contributed by atoms with Gasteiger partial charge < -0.3 is 5.11 Å². The number of amides is 2. The van der Waals surface area contributed by atoms with Gasteiger partial charge in [-0.15, -0.1) is 0 Å². The summed E-state index contributed by atoms with van der Waals surface area (Å²) in [7, 11) is 0. The van der Waals surface area contributed by atoms with Crippen LogP contribution in [-0.2, 0) is 9.59 Å². The second-order valence-corrected chi connectivity index (χ2v) is 4.09. The SMILES string of the molecule is O=[C][C@H](CCC(=O)O)N1C(=O)c2ccccc2C1=O. The van der Waals surface area contributed by atoms with Crippen molar-refractivity contribution in [1.82, 2.24) is 4.90 Å². The van der Waals surface area contributed by atoms with Gasteiger partial charge in [0.15, 0.2) is 0 Å². The Bertz CT molecular complexity index is 531. The Morgan fingerprint density at radius 2 is 1.74 bits per heavy atom. The average molecular weight is 260 g/mol. The molecule has 6 heteroatoms. The van der Waals surface area contributed by atoms with E-state index in [-0.39, 0.29) is 24.0 Å². The summed E-state index contributed by atoms with van der Waals surface area (Å²) in [6.45, 7) is 0. The maximum atomic E-state index is 12.0. The van der Waals surface area contributed by atoms with Crippen molar-refractivity contribution < 1.29 is 24.3 Å². The van der Waals surface area contributed by atoms with E-state index >= 15 is 0 Å². The Hall–Kier alpha value is -2.50. The molecule has 6 nitrogen and oxygen atoms in total. The lowest BCUT2D eigenvalue weighted by Crippen LogP contribution is -2.41. The Morgan fingerprint density at radius 1 is 1.21 bits per heavy atom. The summed E-state index contributed by atoms with van der Waals surface area (Å²) in [6.07, 6.45) is 1.12. The largest absolute Gasteiger partial charge is 0.481 e. The van der Waals surface area contributed by atoms with Crippen molar-refractivity contribution in [2.45, 2.75) is 18.9 Å². The maximum absolute atomic E-state index is 12.0. The van der Waals surface area contributed by atoms with Crippen molar-refractivity contribution in [3.8, 4) is 0 Å². The highest BCUT2D eigenvalue weighted by molar-refractivity contribution is 6.22. The van der Waals surface area contributed by atoms with Gasteiger partial charge in [-0.3, -0.25) is 24.1 Å². The zero-order valence-electron chi connectivity index (χ0n) is 9.83. The summed E-state index contributed by atoms with van der Waals surface area (Å²) >= 11 is 0. The standard InChI is InChI=1S/C13H10NO5/c15-7-8(5-6-11(16)17)14-12(18)9-3-1-2-4-10(9)13(14)19/h1-4,8H,5-6H2,(H,16,17)/t8-/m0/s1. The predicted molar refractivity (Wildman–Crippen MR) is 63.3 cm³/mol. The van der Waals surface area contributed by atoms with Crippen molar-refractivity contribution in [2.24, 2.45) is 0 Å². The number of carboxylic acid groups (broad SMARTS) is 1. The summed E-state index contributed by atoms with van der Waals surface area (Å²) in [6, 6.07) is 5.06. The predicted octanol–water partition coefficient (Wildman–Crippen LogP) is 0.626. The number of carbonyl (C=O) groups is 3. The second kappa shape index (κ2) is 5.01. The minimum absolute atomic E-state index is 0.135. The molecule has 0 aromatic heterocycles. The third-order valence-electron chi connectivity index (χ3n) is 2.90. The maximum Gasteiger partial charge on any atom is 0.303 e. The molecule has 0 aliphatic carbocycles. The lowest BCUT2D eigenvalue weighted by Gasteiger charge is -2.19. The topological polar surface area (TPSA) is 91.8 Å². The van der Waals surface area contributed by atoms with Gasteiger partial charge in [-0.1, -0.05) is 12.1 Å². The molecule has 0 unspecified atom stereocenters. The number of carboxylic acids is 1. The van der Waals surface area contributed by atoms with Gasteiger partial charge in [0.2, 0.25) is 6.29 Å². The first kappa shape index (κ1) is 12.9. The Morgan fingerprint density at radius 3 is 2.16 bits per heavy atom. The van der Waals surface area contributed by atoms with Gasteiger partial charge in [0.05, 0.1) is 11.1 Å². The summed E-state index contributed by atoms with van der Waals surface area (Å²) in [5.74, 6) is -2.27. The minimum atomic E-state index is -1.16. The van der Waals surface area contributed by atoms with Gasteiger partial charge in [0, 0.05) is 6.42 Å². The lowest BCUT2D eigenvalue weighted by atomic mass is 10.1. The number of nitrogens with zero attached hydrogens (tertiary/aromatic N) is 1. The van der Waals surface area contributed by atoms with E-state index in [4.69, 9.17) is 5.11 Å². The molecule has 0 saturated carbocycles. The fraction of sp³-hybridized carbons (Fsp3) is 0.231. The van der Waals surface area contributed by atoms with Crippen molar-refractivity contribution in [3.63, 3.8) is 0 Å². The minimum Gasteiger partial charge on any atom is -0.481 e. The molecule has 1 atom stereocenters. The average Bonchev–Trinajstić information content (AvgIpc) is 2.65. The molecule has 97 valence electrons. The molecule has 1 aliphatic heterocycles. The van der Waals surface area contributed by atoms with Gasteiger partial charge in [-0.2, -0.15) is 0 Å². The van der Waals surface area contributed by atoms with Crippen molar-refractivity contribution >= 4 is 24.1 Å². The first-order valence-corrected chi connectivity index (χ1v) is 5.62. The van der Waals surface area contributed by atoms with Crippen LogP contribution in [0.15, 0.2) is 24.3 Å². The molecule has 1 aromatic rings. The van der Waals surface area contributed by atoms with Crippen LogP contribution < -0.4 is 0 Å². The van der Waals surface area contributed by atoms with Crippen LogP contribution in [0.3, 0.4) is 0 Å². The number of hydrogen-bond donors (Lipinski definition) is 1. The summed E-state index contributed by atoms with van der Waals surface area (Å²) < 4.78 is 0. The zero-order valence-corrected chi connectivity index (χ0v) is 9.83. The molecule has 0 spiro atoms. The molecule has 19 heavy (non-hydrogen) atoms. The van der Waals surface area contributed by atoms with E-state index in [0.29, 0.717) is 0 Å². The smallest absolute Gasteiger partial charge is 0.303 e. The molecule has 0 bridgehead atoms. The number of carbonyl (C=O) groups excluding carboxylic acids is 3. The number of benzene rings is 1. The Labute approximate surface area is 108 Å². The summed E-state index contributed by atoms with van der Waals surface area (Å²) in [5, 5.41) is 8.59. The molecule has 1 radical (unpaired) electrons. The van der Waals surface area contributed by atoms with Crippen molar-refractivity contribution in [1.29, 1.82) is 0 Å². The molecule has 1 aliphatic rings. The van der Waals surface area contributed by atoms with E-state index in [1.54, 1.807) is 18.4 Å². The molecular formula is C13H10NO5. The number of imide groups is 1. The van der Waals surface area contributed by atoms with E-state index in [0.717, 1.165) is 4.90 Å². The van der Waals surface area contributed by atoms with Gasteiger partial charge in [0.1, 0.15) is 6.04 Å². The molecule has 1 N–H and O–H groups in total. The van der Waals surface area contributed by atoms with Crippen LogP contribution in [0.25, 0.3) is 0 Å². The number of fused-ring (bicyclic) bond motifs is 1. The van der Waals surface area contributed by atoms with Crippen LogP contribution in [0.5, 0.6) is 0 Å². The van der Waals surface area contributed by atoms with Crippen LogP contribution in [-0.4, -0.2) is 40.1 Å². The normalized spacial score (nSPS) is 15.3.